The fourth-order valence-electron chi connectivity index (χ4n) is 1.86. The molecule has 0 aromatic carbocycles. The van der Waals surface area contributed by atoms with E-state index in [0.717, 1.165) is 26.2 Å². The number of hydrogen-bond acceptors (Lipinski definition) is 3. The summed E-state index contributed by atoms with van der Waals surface area (Å²) in [5, 5.41) is 0. The van der Waals surface area contributed by atoms with Crippen molar-refractivity contribution >= 4 is 0 Å². The summed E-state index contributed by atoms with van der Waals surface area (Å²) in [6, 6.07) is 0.565. The summed E-state index contributed by atoms with van der Waals surface area (Å²) in [6.45, 7) is 7.87. The lowest BCUT2D eigenvalue weighted by Gasteiger charge is -2.13. The van der Waals surface area contributed by atoms with Gasteiger partial charge in [0.1, 0.15) is 0 Å². The fourth-order valence-corrected chi connectivity index (χ4v) is 1.86. The van der Waals surface area contributed by atoms with Crippen molar-refractivity contribution in [1.29, 1.82) is 0 Å². The van der Waals surface area contributed by atoms with Crippen molar-refractivity contribution in [2.75, 3.05) is 26.2 Å². The molecule has 0 aromatic rings. The minimum Gasteiger partial charge on any atom is -0.301 e. The van der Waals surface area contributed by atoms with E-state index in [1.54, 1.807) is 0 Å². The van der Waals surface area contributed by atoms with Crippen molar-refractivity contribution in [3.05, 3.63) is 12.7 Å². The first-order valence-electron chi connectivity index (χ1n) is 4.10. The van der Waals surface area contributed by atoms with Gasteiger partial charge in [-0.3, -0.25) is 4.90 Å². The highest BCUT2D eigenvalue weighted by atomic mass is 16.7. The zero-order valence-electron chi connectivity index (χ0n) is 6.62. The molecule has 62 valence electrons. The quantitative estimate of drug-likeness (QED) is 0.567. The van der Waals surface area contributed by atoms with Gasteiger partial charge in [-0.1, -0.05) is 6.08 Å². The normalized spacial score (nSPS) is 37.5. The molecule has 3 heteroatoms. The van der Waals surface area contributed by atoms with Gasteiger partial charge in [0, 0.05) is 25.6 Å². The first-order chi connectivity index (χ1) is 5.40. The Labute approximate surface area is 67.0 Å². The van der Waals surface area contributed by atoms with Crippen LogP contribution in [0, 0.1) is 5.92 Å². The highest BCUT2D eigenvalue weighted by Crippen LogP contribution is 2.20. The van der Waals surface area contributed by atoms with Crippen LogP contribution in [0.5, 0.6) is 0 Å². The van der Waals surface area contributed by atoms with Crippen molar-refractivity contribution in [2.24, 2.45) is 5.92 Å². The van der Waals surface area contributed by atoms with E-state index in [1.165, 1.54) is 0 Å². The van der Waals surface area contributed by atoms with Gasteiger partial charge in [0.25, 0.3) is 0 Å². The second kappa shape index (κ2) is 2.93. The number of likely N-dealkylation sites (tertiary alicyclic amines) is 1. The smallest absolute Gasteiger partial charge is 0.0739 e. The molecule has 3 nitrogen and oxygen atoms in total. The topological polar surface area (TPSA) is 24.5 Å². The molecule has 2 aliphatic rings. The lowest BCUT2D eigenvalue weighted by Crippen LogP contribution is -2.29. The van der Waals surface area contributed by atoms with Crippen LogP contribution in [0.15, 0.2) is 12.7 Å². The first kappa shape index (κ1) is 7.28. The van der Waals surface area contributed by atoms with E-state index in [1.807, 2.05) is 6.08 Å². The molecule has 11 heavy (non-hydrogen) atoms. The van der Waals surface area contributed by atoms with Gasteiger partial charge < -0.3 is 4.84 Å². The van der Waals surface area contributed by atoms with Crippen LogP contribution in [0.2, 0.25) is 0 Å². The summed E-state index contributed by atoms with van der Waals surface area (Å²) in [5.74, 6) is 0.704. The molecule has 0 aromatic heterocycles. The second-order valence-corrected chi connectivity index (χ2v) is 3.30. The molecule has 2 atom stereocenters. The number of fused-ring (bicyclic) bond motifs is 1. The van der Waals surface area contributed by atoms with Crippen molar-refractivity contribution in [1.82, 2.24) is 10.4 Å². The highest BCUT2D eigenvalue weighted by Gasteiger charge is 2.36. The van der Waals surface area contributed by atoms with Gasteiger partial charge in [0.05, 0.1) is 12.6 Å². The zero-order valence-corrected chi connectivity index (χ0v) is 6.62. The lowest BCUT2D eigenvalue weighted by atomic mass is 10.1. The lowest BCUT2D eigenvalue weighted by molar-refractivity contribution is 0.0730. The average Bonchev–Trinajstić information content (AvgIpc) is 2.46. The maximum absolute atomic E-state index is 5.14. The first-order valence-corrected chi connectivity index (χ1v) is 4.10. The standard InChI is InChI=1S/C8H14N2O/c1-2-3-10-4-7-6-11-9-8(7)5-10/h2,7-9H,1,3-6H2/t7-,8-/m0/s1. The third kappa shape index (κ3) is 1.31. The third-order valence-electron chi connectivity index (χ3n) is 2.44. The minimum absolute atomic E-state index is 0.565. The Morgan fingerprint density at radius 1 is 1.64 bits per heavy atom. The van der Waals surface area contributed by atoms with Crippen molar-refractivity contribution in [3.63, 3.8) is 0 Å². The van der Waals surface area contributed by atoms with Gasteiger partial charge in [-0.25, -0.2) is 0 Å². The van der Waals surface area contributed by atoms with E-state index in [-0.39, 0.29) is 0 Å². The molecule has 0 radical (unpaired) electrons. The number of nitrogens with zero attached hydrogens (tertiary/aromatic N) is 1. The third-order valence-corrected chi connectivity index (χ3v) is 2.44. The Kier molecular flexibility index (Phi) is 1.94. The van der Waals surface area contributed by atoms with Gasteiger partial charge >= 0.3 is 0 Å². The second-order valence-electron chi connectivity index (χ2n) is 3.30. The Hall–Kier alpha value is -0.380. The maximum Gasteiger partial charge on any atom is 0.0739 e. The van der Waals surface area contributed by atoms with E-state index in [9.17, 15) is 0 Å². The molecule has 0 spiro atoms. The molecular formula is C8H14N2O. The van der Waals surface area contributed by atoms with Crippen LogP contribution in [0.1, 0.15) is 0 Å². The van der Waals surface area contributed by atoms with Gasteiger partial charge in [-0.15, -0.1) is 6.58 Å². The molecule has 0 amide bonds. The van der Waals surface area contributed by atoms with Crippen LogP contribution >= 0.6 is 0 Å². The molecule has 2 aliphatic heterocycles. The van der Waals surface area contributed by atoms with Crippen LogP contribution in [0.25, 0.3) is 0 Å². The zero-order chi connectivity index (χ0) is 7.68. The van der Waals surface area contributed by atoms with Crippen LogP contribution in [-0.4, -0.2) is 37.2 Å². The SMILES string of the molecule is C=CCN1C[C@H]2CON[C@H]2C1. The summed E-state index contributed by atoms with van der Waals surface area (Å²) in [6.07, 6.45) is 1.96. The number of nitrogens with one attached hydrogen (secondary N) is 1. The van der Waals surface area contributed by atoms with Gasteiger partial charge in [0.15, 0.2) is 0 Å². The Morgan fingerprint density at radius 2 is 2.55 bits per heavy atom. The fraction of sp³-hybridized carbons (Fsp3) is 0.750. The van der Waals surface area contributed by atoms with Crippen LogP contribution in [0.3, 0.4) is 0 Å². The number of hydroxylamine groups is 1. The molecule has 0 bridgehead atoms. The average molecular weight is 154 g/mol. The minimum atomic E-state index is 0.565. The van der Waals surface area contributed by atoms with Crippen molar-refractivity contribution in [3.8, 4) is 0 Å². The Balaban J connectivity index is 1.89. The number of hydrogen-bond donors (Lipinski definition) is 1. The Bertz CT molecular complexity index is 148. The van der Waals surface area contributed by atoms with E-state index in [4.69, 9.17) is 4.84 Å². The molecule has 2 fully saturated rings. The number of rotatable bonds is 2. The van der Waals surface area contributed by atoms with Gasteiger partial charge in [0.2, 0.25) is 0 Å². The van der Waals surface area contributed by atoms with Crippen LogP contribution < -0.4 is 5.48 Å². The van der Waals surface area contributed by atoms with E-state index < -0.39 is 0 Å². The molecule has 0 saturated carbocycles. The summed E-state index contributed by atoms with van der Waals surface area (Å²) >= 11 is 0. The molecular weight excluding hydrogens is 140 g/mol. The predicted molar refractivity (Wildman–Crippen MR) is 43.0 cm³/mol. The monoisotopic (exact) mass is 154 g/mol. The summed E-state index contributed by atoms with van der Waals surface area (Å²) in [4.78, 5) is 7.54. The van der Waals surface area contributed by atoms with E-state index in [2.05, 4.69) is 17.0 Å². The maximum atomic E-state index is 5.14. The molecule has 0 unspecified atom stereocenters. The molecule has 1 N–H and O–H groups in total. The summed E-state index contributed by atoms with van der Waals surface area (Å²) in [7, 11) is 0. The van der Waals surface area contributed by atoms with Crippen molar-refractivity contribution < 1.29 is 4.84 Å². The van der Waals surface area contributed by atoms with Crippen LogP contribution in [0.4, 0.5) is 0 Å². The predicted octanol–water partition coefficient (Wildman–Crippen LogP) is 0.00760. The molecule has 2 heterocycles. The van der Waals surface area contributed by atoms with E-state index in [0.29, 0.717) is 12.0 Å². The summed E-state index contributed by atoms with van der Waals surface area (Å²) in [5.41, 5.74) is 3.03. The van der Waals surface area contributed by atoms with Gasteiger partial charge in [-0.2, -0.15) is 5.48 Å². The summed E-state index contributed by atoms with van der Waals surface area (Å²) < 4.78 is 0. The van der Waals surface area contributed by atoms with Crippen LogP contribution in [-0.2, 0) is 4.84 Å². The molecule has 0 aliphatic carbocycles. The molecule has 2 rings (SSSR count). The molecule has 2 saturated heterocycles. The largest absolute Gasteiger partial charge is 0.301 e. The van der Waals surface area contributed by atoms with Gasteiger partial charge in [-0.05, 0) is 0 Å². The van der Waals surface area contributed by atoms with Crippen molar-refractivity contribution in [2.45, 2.75) is 6.04 Å². The highest BCUT2D eigenvalue weighted by molar-refractivity contribution is 4.92. The van der Waals surface area contributed by atoms with E-state index >= 15 is 0 Å². The Morgan fingerprint density at radius 3 is 3.27 bits per heavy atom.